The number of carbonyl (C=O) groups excluding carboxylic acids is 1. The Bertz CT molecular complexity index is 918. The summed E-state index contributed by atoms with van der Waals surface area (Å²) in [7, 11) is 0. The van der Waals surface area contributed by atoms with Crippen LogP contribution in [0.1, 0.15) is 16.4 Å². The van der Waals surface area contributed by atoms with Gasteiger partial charge in [0.05, 0.1) is 5.52 Å². The summed E-state index contributed by atoms with van der Waals surface area (Å²) in [5, 5.41) is 4.19. The van der Waals surface area contributed by atoms with Crippen LogP contribution in [0.2, 0.25) is 0 Å². The molecule has 0 aliphatic carbocycles. The lowest BCUT2D eigenvalue weighted by Gasteiger charge is -2.08. The molecular formula is C16H11N3OS. The summed E-state index contributed by atoms with van der Waals surface area (Å²) in [5.41, 5.74) is 1.72. The molecule has 0 saturated carbocycles. The third-order valence-corrected chi connectivity index (χ3v) is 3.95. The van der Waals surface area contributed by atoms with Gasteiger partial charge in [-0.05, 0) is 29.9 Å². The van der Waals surface area contributed by atoms with Gasteiger partial charge in [0.25, 0.3) is 5.91 Å². The van der Waals surface area contributed by atoms with Gasteiger partial charge in [-0.1, -0.05) is 42.5 Å². The second-order valence-electron chi connectivity index (χ2n) is 4.92. The van der Waals surface area contributed by atoms with Crippen molar-refractivity contribution in [2.75, 3.05) is 5.32 Å². The lowest BCUT2D eigenvalue weighted by molar-refractivity contribution is 0.0905. The first-order chi connectivity index (χ1) is 10.3. The molecule has 1 atom stereocenters. The molecule has 2 heterocycles. The molecule has 0 unspecified atom stereocenters. The van der Waals surface area contributed by atoms with Crippen LogP contribution in [0, 0.1) is 4.77 Å². The molecule has 0 bridgehead atoms. The Hall–Kier alpha value is -2.53. The number of carbonyl (C=O) groups is 1. The highest BCUT2D eigenvalue weighted by molar-refractivity contribution is 7.71. The van der Waals surface area contributed by atoms with Crippen LogP contribution < -0.4 is 5.32 Å². The maximum atomic E-state index is 12.7. The van der Waals surface area contributed by atoms with Crippen molar-refractivity contribution in [1.29, 1.82) is 0 Å². The zero-order valence-electron chi connectivity index (χ0n) is 11.0. The lowest BCUT2D eigenvalue weighted by Crippen LogP contribution is -2.16. The molecule has 0 amide bonds. The number of hydrogen-bond acceptors (Lipinski definition) is 4. The number of benzene rings is 2. The molecule has 0 fully saturated rings. The molecule has 1 aliphatic heterocycles. The fraction of sp³-hybridized carbons (Fsp3) is 0.0625. The molecule has 0 saturated heterocycles. The molecule has 1 aliphatic rings. The molecule has 1 N–H and O–H groups in total. The summed E-state index contributed by atoms with van der Waals surface area (Å²) in [6.45, 7) is 0. The zero-order valence-corrected chi connectivity index (χ0v) is 11.8. The zero-order chi connectivity index (χ0) is 14.4. The van der Waals surface area contributed by atoms with Gasteiger partial charge in [0.2, 0.25) is 4.77 Å². The Labute approximate surface area is 126 Å². The van der Waals surface area contributed by atoms with E-state index in [-0.39, 0.29) is 5.91 Å². The van der Waals surface area contributed by atoms with E-state index in [4.69, 9.17) is 12.2 Å². The molecule has 21 heavy (non-hydrogen) atoms. The van der Waals surface area contributed by atoms with E-state index in [0.29, 0.717) is 4.77 Å². The van der Waals surface area contributed by atoms with E-state index in [2.05, 4.69) is 10.3 Å². The Balaban J connectivity index is 1.95. The Morgan fingerprint density at radius 1 is 1.05 bits per heavy atom. The van der Waals surface area contributed by atoms with Crippen LogP contribution in [-0.2, 0) is 0 Å². The highest BCUT2D eigenvalue weighted by Crippen LogP contribution is 2.33. The number of anilines is 1. The maximum Gasteiger partial charge on any atom is 0.261 e. The number of aromatic nitrogens is 2. The second-order valence-corrected chi connectivity index (χ2v) is 5.29. The largest absolute Gasteiger partial charge is 0.355 e. The third-order valence-electron chi connectivity index (χ3n) is 3.67. The van der Waals surface area contributed by atoms with Crippen molar-refractivity contribution in [3.63, 3.8) is 0 Å². The van der Waals surface area contributed by atoms with Crippen LogP contribution >= 0.6 is 12.2 Å². The van der Waals surface area contributed by atoms with E-state index < -0.39 is 6.04 Å². The van der Waals surface area contributed by atoms with Crippen LogP contribution in [0.25, 0.3) is 10.9 Å². The van der Waals surface area contributed by atoms with E-state index in [1.807, 2.05) is 54.6 Å². The van der Waals surface area contributed by atoms with E-state index in [9.17, 15) is 4.79 Å². The molecule has 3 aromatic rings. The predicted octanol–water partition coefficient (Wildman–Crippen LogP) is 3.57. The molecule has 5 heteroatoms. The highest BCUT2D eigenvalue weighted by atomic mass is 32.1. The molecule has 0 spiro atoms. The van der Waals surface area contributed by atoms with Crippen molar-refractivity contribution >= 4 is 34.8 Å². The molecule has 1 aromatic heterocycles. The average Bonchev–Trinajstić information content (AvgIpc) is 2.87. The quantitative estimate of drug-likeness (QED) is 0.697. The number of nitrogens with zero attached hydrogens (tertiary/aromatic N) is 2. The van der Waals surface area contributed by atoms with Crippen molar-refractivity contribution in [2.24, 2.45) is 0 Å². The van der Waals surface area contributed by atoms with Gasteiger partial charge in [0.1, 0.15) is 11.9 Å². The van der Waals surface area contributed by atoms with Crippen molar-refractivity contribution in [3.05, 3.63) is 64.9 Å². The minimum atomic E-state index is -0.416. The van der Waals surface area contributed by atoms with Gasteiger partial charge in [-0.15, -0.1) is 0 Å². The van der Waals surface area contributed by atoms with Gasteiger partial charge in [-0.25, -0.2) is 9.55 Å². The van der Waals surface area contributed by atoms with Gasteiger partial charge in [-0.2, -0.15) is 0 Å². The molecule has 4 rings (SSSR count). The van der Waals surface area contributed by atoms with Gasteiger partial charge >= 0.3 is 0 Å². The van der Waals surface area contributed by atoms with Crippen LogP contribution in [0.15, 0.2) is 54.6 Å². The number of para-hydroxylation sites is 1. The van der Waals surface area contributed by atoms with Gasteiger partial charge in [0.15, 0.2) is 0 Å². The Morgan fingerprint density at radius 3 is 2.57 bits per heavy atom. The fourth-order valence-electron chi connectivity index (χ4n) is 2.69. The maximum absolute atomic E-state index is 12.7. The summed E-state index contributed by atoms with van der Waals surface area (Å²) in [5.74, 6) is 0.643. The van der Waals surface area contributed by atoms with Crippen LogP contribution in [-0.4, -0.2) is 15.5 Å². The molecular weight excluding hydrogens is 282 g/mol. The van der Waals surface area contributed by atoms with E-state index >= 15 is 0 Å². The van der Waals surface area contributed by atoms with Crippen LogP contribution in [0.4, 0.5) is 5.82 Å². The van der Waals surface area contributed by atoms with E-state index in [1.54, 1.807) is 0 Å². The second kappa shape index (κ2) is 4.49. The Morgan fingerprint density at radius 2 is 1.76 bits per heavy atom. The number of rotatable bonds is 1. The first-order valence-electron chi connectivity index (χ1n) is 6.63. The van der Waals surface area contributed by atoms with E-state index in [0.717, 1.165) is 22.3 Å². The number of nitrogens with one attached hydrogen (secondary N) is 1. The summed E-state index contributed by atoms with van der Waals surface area (Å²) in [4.78, 5) is 17.0. The SMILES string of the molecule is O=C1[C@H](c2ccccc2)Nc2c3ccccc3nc(=S)n21. The lowest BCUT2D eigenvalue weighted by atomic mass is 10.1. The summed E-state index contributed by atoms with van der Waals surface area (Å²) in [6.07, 6.45) is 0. The standard InChI is InChI=1S/C16H11N3OS/c20-15-13(10-6-2-1-3-7-10)18-14-11-8-4-5-9-12(11)17-16(21)19(14)15/h1-9,13,18H/t13-/m0/s1. The van der Waals surface area contributed by atoms with Gasteiger partial charge in [-0.3, -0.25) is 4.79 Å². The van der Waals surface area contributed by atoms with Crippen molar-refractivity contribution in [1.82, 2.24) is 9.55 Å². The Kier molecular flexibility index (Phi) is 2.62. The highest BCUT2D eigenvalue weighted by Gasteiger charge is 2.32. The fourth-order valence-corrected chi connectivity index (χ4v) is 2.97. The minimum absolute atomic E-state index is 0.0838. The molecule has 102 valence electrons. The van der Waals surface area contributed by atoms with Gasteiger partial charge in [0, 0.05) is 5.39 Å². The van der Waals surface area contributed by atoms with Crippen molar-refractivity contribution < 1.29 is 4.79 Å². The minimum Gasteiger partial charge on any atom is -0.355 e. The van der Waals surface area contributed by atoms with Crippen molar-refractivity contribution in [2.45, 2.75) is 6.04 Å². The summed E-state index contributed by atoms with van der Waals surface area (Å²) >= 11 is 5.28. The van der Waals surface area contributed by atoms with E-state index in [1.165, 1.54) is 4.57 Å². The topological polar surface area (TPSA) is 46.9 Å². The molecule has 4 nitrogen and oxygen atoms in total. The van der Waals surface area contributed by atoms with Gasteiger partial charge < -0.3 is 5.32 Å². The van der Waals surface area contributed by atoms with Crippen LogP contribution in [0.5, 0.6) is 0 Å². The number of hydrogen-bond donors (Lipinski definition) is 1. The summed E-state index contributed by atoms with van der Waals surface area (Å²) in [6, 6.07) is 16.9. The average molecular weight is 293 g/mol. The normalized spacial score (nSPS) is 16.8. The third kappa shape index (κ3) is 1.78. The van der Waals surface area contributed by atoms with Crippen molar-refractivity contribution in [3.8, 4) is 0 Å². The first-order valence-corrected chi connectivity index (χ1v) is 7.04. The monoisotopic (exact) mass is 293 g/mol. The summed E-state index contributed by atoms with van der Waals surface area (Å²) < 4.78 is 1.79. The van der Waals surface area contributed by atoms with Crippen LogP contribution in [0.3, 0.4) is 0 Å². The predicted molar refractivity (Wildman–Crippen MR) is 84.0 cm³/mol. The molecule has 0 radical (unpaired) electrons. The number of fused-ring (bicyclic) bond motifs is 3. The molecule has 2 aromatic carbocycles. The first kappa shape index (κ1) is 12.2. The smallest absolute Gasteiger partial charge is 0.261 e.